The number of urea groups is 1. The highest BCUT2D eigenvalue weighted by molar-refractivity contribution is 5.94. The Morgan fingerprint density at radius 1 is 1.00 bits per heavy atom. The van der Waals surface area contributed by atoms with Crippen LogP contribution >= 0.6 is 0 Å². The summed E-state index contributed by atoms with van der Waals surface area (Å²) in [6, 6.07) is 8.91. The molecule has 1 aliphatic heterocycles. The lowest BCUT2D eigenvalue weighted by atomic mass is 9.54. The van der Waals surface area contributed by atoms with Gasteiger partial charge in [0, 0.05) is 18.3 Å². The maximum Gasteiger partial charge on any atom is 0.322 e. The van der Waals surface area contributed by atoms with Crippen LogP contribution in [-0.2, 0) is 6.42 Å². The lowest BCUT2D eigenvalue weighted by Gasteiger charge is -2.54. The molecule has 4 fully saturated rings. The molecule has 0 atom stereocenters. The van der Waals surface area contributed by atoms with Gasteiger partial charge in [0.1, 0.15) is 0 Å². The molecule has 3 heteroatoms. The molecule has 1 heterocycles. The van der Waals surface area contributed by atoms with E-state index in [0.29, 0.717) is 6.04 Å². The normalized spacial score (nSPS) is 38.2. The Bertz CT molecular complexity index is 583. The van der Waals surface area contributed by atoms with Gasteiger partial charge in [0.05, 0.1) is 0 Å². The van der Waals surface area contributed by atoms with Gasteiger partial charge in [0.15, 0.2) is 0 Å². The van der Waals surface area contributed by atoms with Gasteiger partial charge in [-0.05, 0) is 73.8 Å². The molecule has 0 aromatic heterocycles. The Labute approximate surface area is 132 Å². The number of carbonyl (C=O) groups excluding carboxylic acids is 1. The number of rotatable bonds is 1. The molecule has 4 saturated carbocycles. The molecule has 22 heavy (non-hydrogen) atoms. The van der Waals surface area contributed by atoms with Crippen LogP contribution in [0.3, 0.4) is 0 Å². The monoisotopic (exact) mass is 296 g/mol. The summed E-state index contributed by atoms with van der Waals surface area (Å²) in [7, 11) is 0. The minimum atomic E-state index is 0.141. The van der Waals surface area contributed by atoms with Crippen molar-refractivity contribution in [1.29, 1.82) is 0 Å². The Morgan fingerprint density at radius 2 is 1.68 bits per heavy atom. The quantitative estimate of drug-likeness (QED) is 0.844. The predicted molar refractivity (Wildman–Crippen MR) is 86.9 cm³/mol. The zero-order chi connectivity index (χ0) is 14.7. The minimum absolute atomic E-state index is 0.141. The zero-order valence-electron chi connectivity index (χ0n) is 13.0. The molecule has 5 aliphatic rings. The van der Waals surface area contributed by atoms with E-state index in [2.05, 4.69) is 23.5 Å². The summed E-state index contributed by atoms with van der Waals surface area (Å²) in [5.74, 6) is 3.42. The van der Waals surface area contributed by atoms with E-state index in [9.17, 15) is 4.79 Å². The first-order valence-electron chi connectivity index (χ1n) is 8.94. The van der Waals surface area contributed by atoms with Crippen LogP contribution in [0.4, 0.5) is 10.5 Å². The number of fused-ring (bicyclic) bond motifs is 1. The van der Waals surface area contributed by atoms with Crippen molar-refractivity contribution in [3.63, 3.8) is 0 Å². The van der Waals surface area contributed by atoms with E-state index in [0.717, 1.165) is 42.3 Å². The number of hydrogen-bond acceptors (Lipinski definition) is 1. The first kappa shape index (κ1) is 13.0. The van der Waals surface area contributed by atoms with E-state index >= 15 is 0 Å². The number of nitrogens with zero attached hydrogens (tertiary/aromatic N) is 1. The van der Waals surface area contributed by atoms with Crippen molar-refractivity contribution < 1.29 is 4.79 Å². The first-order valence-corrected chi connectivity index (χ1v) is 8.94. The molecule has 6 rings (SSSR count). The Morgan fingerprint density at radius 3 is 2.41 bits per heavy atom. The predicted octanol–water partition coefficient (Wildman–Crippen LogP) is 3.58. The topological polar surface area (TPSA) is 32.3 Å². The molecule has 0 spiro atoms. The molecule has 116 valence electrons. The largest absolute Gasteiger partial charge is 0.334 e. The average Bonchev–Trinajstić information content (AvgIpc) is 2.94. The Hall–Kier alpha value is -1.51. The standard InChI is InChI=1S/C19H24N2O/c22-19(21-6-5-14-3-1-2-4-17(14)21)20-18-15-8-12-7-13(10-15)11-16(18)9-12/h1-4,12-13,15-16,18H,5-11H2,(H,20,22). The van der Waals surface area contributed by atoms with Gasteiger partial charge in [0.25, 0.3) is 0 Å². The van der Waals surface area contributed by atoms with E-state index in [1.807, 2.05) is 11.0 Å². The highest BCUT2D eigenvalue weighted by Crippen LogP contribution is 2.53. The van der Waals surface area contributed by atoms with Crippen LogP contribution in [0.2, 0.25) is 0 Å². The molecular formula is C19H24N2O. The highest BCUT2D eigenvalue weighted by Gasteiger charge is 2.49. The Kier molecular flexibility index (Phi) is 2.80. The second-order valence-electron chi connectivity index (χ2n) is 7.94. The number of benzene rings is 1. The summed E-state index contributed by atoms with van der Waals surface area (Å²) in [5, 5.41) is 3.43. The van der Waals surface area contributed by atoms with Gasteiger partial charge in [0.2, 0.25) is 0 Å². The van der Waals surface area contributed by atoms with Crippen molar-refractivity contribution >= 4 is 11.7 Å². The third kappa shape index (κ3) is 1.90. The lowest BCUT2D eigenvalue weighted by molar-refractivity contribution is -0.00909. The SMILES string of the molecule is O=C(NC1C2CC3CC(C2)CC1C3)N1CCc2ccccc21. The van der Waals surface area contributed by atoms with E-state index < -0.39 is 0 Å². The van der Waals surface area contributed by atoms with E-state index in [1.165, 1.54) is 37.7 Å². The van der Waals surface area contributed by atoms with Crippen LogP contribution in [0.5, 0.6) is 0 Å². The van der Waals surface area contributed by atoms with Crippen molar-refractivity contribution in [2.24, 2.45) is 23.7 Å². The van der Waals surface area contributed by atoms with Gasteiger partial charge in [-0.1, -0.05) is 18.2 Å². The number of carbonyl (C=O) groups is 1. The van der Waals surface area contributed by atoms with Crippen LogP contribution < -0.4 is 10.2 Å². The summed E-state index contributed by atoms with van der Waals surface area (Å²) < 4.78 is 0. The molecule has 3 nitrogen and oxygen atoms in total. The number of anilines is 1. The van der Waals surface area contributed by atoms with Crippen molar-refractivity contribution in [2.75, 3.05) is 11.4 Å². The second-order valence-corrected chi connectivity index (χ2v) is 7.94. The van der Waals surface area contributed by atoms with Crippen molar-refractivity contribution in [1.82, 2.24) is 5.32 Å². The summed E-state index contributed by atoms with van der Waals surface area (Å²) in [4.78, 5) is 14.8. The van der Waals surface area contributed by atoms with Crippen LogP contribution in [0.15, 0.2) is 24.3 Å². The Balaban J connectivity index is 1.34. The summed E-state index contributed by atoms with van der Waals surface area (Å²) >= 11 is 0. The van der Waals surface area contributed by atoms with Crippen molar-refractivity contribution in [3.8, 4) is 0 Å². The number of nitrogens with one attached hydrogen (secondary N) is 1. The summed E-state index contributed by atoms with van der Waals surface area (Å²) in [6.45, 7) is 0.832. The molecule has 2 amide bonds. The average molecular weight is 296 g/mol. The summed E-state index contributed by atoms with van der Waals surface area (Å²) in [5.41, 5.74) is 2.42. The smallest absolute Gasteiger partial charge is 0.322 e. The van der Waals surface area contributed by atoms with Crippen LogP contribution in [0.1, 0.15) is 37.7 Å². The second kappa shape index (κ2) is 4.74. The van der Waals surface area contributed by atoms with E-state index in [1.54, 1.807) is 0 Å². The molecule has 1 N–H and O–H groups in total. The lowest BCUT2D eigenvalue weighted by Crippen LogP contribution is -2.57. The maximum absolute atomic E-state index is 12.8. The molecule has 0 saturated heterocycles. The fourth-order valence-electron chi connectivity index (χ4n) is 5.93. The molecule has 4 aliphatic carbocycles. The molecule has 1 aromatic carbocycles. The van der Waals surface area contributed by atoms with Gasteiger partial charge in [-0.2, -0.15) is 0 Å². The summed E-state index contributed by atoms with van der Waals surface area (Å²) in [6.07, 6.45) is 7.88. The van der Waals surface area contributed by atoms with Crippen LogP contribution in [-0.4, -0.2) is 18.6 Å². The van der Waals surface area contributed by atoms with Gasteiger partial charge < -0.3 is 5.32 Å². The number of amides is 2. The van der Waals surface area contributed by atoms with Gasteiger partial charge in [-0.25, -0.2) is 4.79 Å². The fourth-order valence-corrected chi connectivity index (χ4v) is 5.93. The minimum Gasteiger partial charge on any atom is -0.334 e. The third-order valence-electron chi connectivity index (χ3n) is 6.65. The third-order valence-corrected chi connectivity index (χ3v) is 6.65. The maximum atomic E-state index is 12.8. The number of para-hydroxylation sites is 1. The van der Waals surface area contributed by atoms with Crippen LogP contribution in [0, 0.1) is 23.7 Å². The molecule has 0 radical (unpaired) electrons. The van der Waals surface area contributed by atoms with Crippen LogP contribution in [0.25, 0.3) is 0 Å². The first-order chi connectivity index (χ1) is 10.8. The molecule has 4 bridgehead atoms. The van der Waals surface area contributed by atoms with Gasteiger partial charge in [-0.15, -0.1) is 0 Å². The molecule has 0 unspecified atom stereocenters. The molecular weight excluding hydrogens is 272 g/mol. The van der Waals surface area contributed by atoms with Crippen molar-refractivity contribution in [2.45, 2.75) is 44.6 Å². The van der Waals surface area contributed by atoms with Crippen molar-refractivity contribution in [3.05, 3.63) is 29.8 Å². The van der Waals surface area contributed by atoms with E-state index in [-0.39, 0.29) is 6.03 Å². The van der Waals surface area contributed by atoms with Gasteiger partial charge >= 0.3 is 6.03 Å². The van der Waals surface area contributed by atoms with Gasteiger partial charge in [-0.3, -0.25) is 4.90 Å². The highest BCUT2D eigenvalue weighted by atomic mass is 16.2. The van der Waals surface area contributed by atoms with E-state index in [4.69, 9.17) is 0 Å². The fraction of sp³-hybridized carbons (Fsp3) is 0.632. The zero-order valence-corrected chi connectivity index (χ0v) is 13.0. The molecule has 1 aromatic rings. The number of hydrogen-bond donors (Lipinski definition) is 1.